The minimum atomic E-state index is -0.392. The molecule has 0 amide bonds. The summed E-state index contributed by atoms with van der Waals surface area (Å²) >= 11 is 0. The van der Waals surface area contributed by atoms with Crippen molar-refractivity contribution in [3.8, 4) is 0 Å². The van der Waals surface area contributed by atoms with E-state index in [1.165, 1.54) is 13.0 Å². The largest absolute Gasteiger partial charge is 0.463 e. The van der Waals surface area contributed by atoms with Gasteiger partial charge in [0, 0.05) is 24.3 Å². The van der Waals surface area contributed by atoms with E-state index in [-0.39, 0.29) is 58.0 Å². The zero-order valence-corrected chi connectivity index (χ0v) is 22.7. The summed E-state index contributed by atoms with van der Waals surface area (Å²) in [5.74, 6) is 0.759. The van der Waals surface area contributed by atoms with Gasteiger partial charge in [-0.05, 0) is 79.7 Å². The summed E-state index contributed by atoms with van der Waals surface area (Å²) in [7, 11) is 0. The Morgan fingerprint density at radius 3 is 2.49 bits per heavy atom. The number of esters is 2. The van der Waals surface area contributed by atoms with Crippen LogP contribution in [0.25, 0.3) is 0 Å². The van der Waals surface area contributed by atoms with Gasteiger partial charge in [0.1, 0.15) is 23.9 Å². The third-order valence-corrected chi connectivity index (χ3v) is 11.2. The van der Waals surface area contributed by atoms with Crippen LogP contribution in [0.2, 0.25) is 0 Å². The van der Waals surface area contributed by atoms with Crippen LogP contribution in [0.15, 0.2) is 27.6 Å². The van der Waals surface area contributed by atoms with Gasteiger partial charge in [0.15, 0.2) is 0 Å². The minimum absolute atomic E-state index is 0.0347. The van der Waals surface area contributed by atoms with Crippen molar-refractivity contribution in [1.29, 1.82) is 0 Å². The molecule has 0 radical (unpaired) electrons. The maximum absolute atomic E-state index is 12.8. The summed E-state index contributed by atoms with van der Waals surface area (Å²) in [4.78, 5) is 36.2. The van der Waals surface area contributed by atoms with Crippen LogP contribution in [-0.4, -0.2) is 35.9 Å². The van der Waals surface area contributed by atoms with Gasteiger partial charge < -0.3 is 18.6 Å². The number of ether oxygens (including phenoxy) is 3. The quantitative estimate of drug-likeness (QED) is 0.413. The predicted octanol–water partition coefficient (Wildman–Crippen LogP) is 5.01. The Labute approximate surface area is 218 Å². The average Bonchev–Trinajstić information content (AvgIpc) is 3.54. The van der Waals surface area contributed by atoms with Crippen LogP contribution in [0.1, 0.15) is 91.0 Å². The Balaban J connectivity index is 1.34. The first-order valence-corrected chi connectivity index (χ1v) is 14.2. The Morgan fingerprint density at radius 2 is 1.81 bits per heavy atom. The van der Waals surface area contributed by atoms with Crippen LogP contribution in [0.3, 0.4) is 0 Å². The Morgan fingerprint density at radius 1 is 1.03 bits per heavy atom. The van der Waals surface area contributed by atoms with E-state index < -0.39 is 6.10 Å². The lowest BCUT2D eigenvalue weighted by Crippen LogP contribution is -2.58. The number of hydrogen-bond acceptors (Lipinski definition) is 7. The number of rotatable bonds is 4. The second-order valence-electron chi connectivity index (χ2n) is 13.2. The van der Waals surface area contributed by atoms with Gasteiger partial charge in [0.05, 0.1) is 12.2 Å². The van der Waals surface area contributed by atoms with Crippen LogP contribution in [-0.2, 0) is 23.8 Å². The maximum Gasteiger partial charge on any atom is 0.335 e. The van der Waals surface area contributed by atoms with Gasteiger partial charge in [-0.3, -0.25) is 9.59 Å². The minimum Gasteiger partial charge on any atom is -0.463 e. The molecule has 7 nitrogen and oxygen atoms in total. The first kappa shape index (κ1) is 25.1. The molecule has 10 atom stereocenters. The Kier molecular flexibility index (Phi) is 5.73. The smallest absolute Gasteiger partial charge is 0.335 e. The van der Waals surface area contributed by atoms with Crippen LogP contribution in [0.5, 0.6) is 0 Å². The zero-order valence-electron chi connectivity index (χ0n) is 22.7. The molecule has 37 heavy (non-hydrogen) atoms. The molecule has 7 heteroatoms. The summed E-state index contributed by atoms with van der Waals surface area (Å²) in [6.07, 6.45) is 8.25. The van der Waals surface area contributed by atoms with Crippen molar-refractivity contribution in [2.45, 2.75) is 109 Å². The number of carbonyl (C=O) groups is 2. The summed E-state index contributed by atoms with van der Waals surface area (Å²) in [5, 5.41) is 0. The number of hydrogen-bond donors (Lipinski definition) is 0. The molecule has 0 aromatic carbocycles. The van der Waals surface area contributed by atoms with Crippen molar-refractivity contribution in [2.24, 2.45) is 34.5 Å². The summed E-state index contributed by atoms with van der Waals surface area (Å²) in [6.45, 7) is 10.00. The van der Waals surface area contributed by atoms with E-state index in [1.807, 2.05) is 19.9 Å². The second-order valence-corrected chi connectivity index (χ2v) is 13.2. The maximum atomic E-state index is 12.8. The third kappa shape index (κ3) is 3.51. The van der Waals surface area contributed by atoms with Gasteiger partial charge in [-0.15, -0.1) is 0 Å². The Hall–Kier alpha value is -2.15. The highest BCUT2D eigenvalue weighted by molar-refractivity contribution is 5.72. The molecule has 2 heterocycles. The lowest BCUT2D eigenvalue weighted by molar-refractivity contribution is -0.168. The number of carbonyl (C=O) groups excluding carboxylic acids is 2. The molecular formula is C30H40O7. The molecule has 1 spiro atoms. The molecule has 1 aromatic rings. The van der Waals surface area contributed by atoms with Crippen molar-refractivity contribution >= 4 is 11.9 Å². The molecule has 0 bridgehead atoms. The van der Waals surface area contributed by atoms with E-state index in [1.54, 1.807) is 6.26 Å². The molecule has 202 valence electrons. The normalized spacial score (nSPS) is 45.7. The standard InChI is InChI=1S/C30H40O7/c1-16(2)27(33)36-25-24(18-6-9-23(32)34-15-18)29(5)13-11-21-22(30(29)26(25)37-30)8-7-19-14-20(35-17(3)31)10-12-28(19,21)4/h6,9,15-16,19-22,24-26H,7-8,10-14H2,1-5H3/t19-,20+,21?,22-,24+,25-,26-,28+,29-,30-/m1/s1. The van der Waals surface area contributed by atoms with Crippen molar-refractivity contribution in [3.63, 3.8) is 0 Å². The second kappa shape index (κ2) is 8.42. The fourth-order valence-electron chi connectivity index (χ4n) is 9.50. The fraction of sp³-hybridized carbons (Fsp3) is 0.767. The molecule has 4 aliphatic carbocycles. The van der Waals surface area contributed by atoms with E-state index in [4.69, 9.17) is 18.6 Å². The highest BCUT2D eigenvalue weighted by Gasteiger charge is 2.84. The highest BCUT2D eigenvalue weighted by atomic mass is 16.7. The van der Waals surface area contributed by atoms with Crippen LogP contribution in [0, 0.1) is 34.5 Å². The molecule has 0 N–H and O–H groups in total. The lowest BCUT2D eigenvalue weighted by Gasteiger charge is -2.61. The van der Waals surface area contributed by atoms with Crippen LogP contribution in [0.4, 0.5) is 0 Å². The average molecular weight is 513 g/mol. The summed E-state index contributed by atoms with van der Waals surface area (Å²) in [6, 6.07) is 3.31. The first-order valence-electron chi connectivity index (χ1n) is 14.2. The molecular weight excluding hydrogens is 472 g/mol. The van der Waals surface area contributed by atoms with Crippen LogP contribution >= 0.6 is 0 Å². The van der Waals surface area contributed by atoms with Crippen molar-refractivity contribution < 1.29 is 28.2 Å². The van der Waals surface area contributed by atoms with Gasteiger partial charge in [-0.25, -0.2) is 4.79 Å². The summed E-state index contributed by atoms with van der Waals surface area (Å²) in [5.41, 5.74) is 0.170. The molecule has 5 aliphatic rings. The van der Waals surface area contributed by atoms with E-state index in [2.05, 4.69) is 13.8 Å². The topological polar surface area (TPSA) is 95.3 Å². The Bertz CT molecular complexity index is 1140. The van der Waals surface area contributed by atoms with Gasteiger partial charge in [0.25, 0.3) is 0 Å². The third-order valence-electron chi connectivity index (χ3n) is 11.2. The SMILES string of the molecule is CC(=O)O[C@H]1CC[C@]2(C)C3CC[C@]4(C)[C@@H](c5ccc(=O)oc5)[C@@H](OC(=O)C(C)C)[C@H]5O[C@]54[C@@H]3CC[C@@H]2C1. The molecule has 6 rings (SSSR count). The first-order chi connectivity index (χ1) is 17.5. The van der Waals surface area contributed by atoms with Crippen molar-refractivity contribution in [2.75, 3.05) is 0 Å². The van der Waals surface area contributed by atoms with E-state index in [9.17, 15) is 14.4 Å². The van der Waals surface area contributed by atoms with Crippen molar-refractivity contribution in [1.82, 2.24) is 0 Å². The predicted molar refractivity (Wildman–Crippen MR) is 135 cm³/mol. The number of fused-ring (bicyclic) bond motifs is 3. The van der Waals surface area contributed by atoms with Crippen molar-refractivity contribution in [3.05, 3.63) is 34.4 Å². The zero-order chi connectivity index (χ0) is 26.3. The molecule has 1 unspecified atom stereocenters. The molecule has 5 fully saturated rings. The fourth-order valence-corrected chi connectivity index (χ4v) is 9.50. The van der Waals surface area contributed by atoms with Gasteiger partial charge in [-0.2, -0.15) is 0 Å². The molecule has 1 saturated heterocycles. The lowest BCUT2D eigenvalue weighted by atomic mass is 9.44. The van der Waals surface area contributed by atoms with E-state index in [0.29, 0.717) is 17.8 Å². The molecule has 1 aromatic heterocycles. The monoisotopic (exact) mass is 512 g/mol. The van der Waals surface area contributed by atoms with Crippen LogP contribution < -0.4 is 5.63 Å². The molecule has 1 aliphatic heterocycles. The van der Waals surface area contributed by atoms with Gasteiger partial charge in [-0.1, -0.05) is 27.7 Å². The summed E-state index contributed by atoms with van der Waals surface area (Å²) < 4.78 is 23.9. The number of epoxide rings is 1. The highest BCUT2D eigenvalue weighted by Crippen LogP contribution is 2.78. The van der Waals surface area contributed by atoms with E-state index in [0.717, 1.165) is 50.5 Å². The molecule has 4 saturated carbocycles. The van der Waals surface area contributed by atoms with Gasteiger partial charge in [0.2, 0.25) is 0 Å². The van der Waals surface area contributed by atoms with Gasteiger partial charge >= 0.3 is 17.6 Å². The van der Waals surface area contributed by atoms with E-state index >= 15 is 0 Å².